The van der Waals surface area contributed by atoms with Crippen molar-refractivity contribution in [2.45, 2.75) is 6.42 Å². The standard InChI is InChI=1S/C11H12O3/c1-13-11(12)8-4-2-3-6-10-7-5-9-14-10/h2-5,7-9H,6H2,1H3/b3-2-,8-4+. The van der Waals surface area contributed by atoms with Gasteiger partial charge in [-0.1, -0.05) is 18.2 Å². The predicted molar refractivity (Wildman–Crippen MR) is 52.7 cm³/mol. The van der Waals surface area contributed by atoms with Gasteiger partial charge in [-0.3, -0.25) is 0 Å². The lowest BCUT2D eigenvalue weighted by atomic mass is 10.3. The van der Waals surface area contributed by atoms with Gasteiger partial charge in [0.15, 0.2) is 0 Å². The van der Waals surface area contributed by atoms with E-state index in [1.54, 1.807) is 18.4 Å². The summed E-state index contributed by atoms with van der Waals surface area (Å²) in [4.78, 5) is 10.6. The molecule has 0 amide bonds. The number of carbonyl (C=O) groups excluding carboxylic acids is 1. The van der Waals surface area contributed by atoms with Gasteiger partial charge in [-0.2, -0.15) is 0 Å². The largest absolute Gasteiger partial charge is 0.469 e. The van der Waals surface area contributed by atoms with Crippen LogP contribution < -0.4 is 0 Å². The zero-order valence-corrected chi connectivity index (χ0v) is 7.97. The van der Waals surface area contributed by atoms with Crippen molar-refractivity contribution in [1.82, 2.24) is 0 Å². The summed E-state index contributed by atoms with van der Waals surface area (Å²) in [6.07, 6.45) is 9.02. The average molecular weight is 192 g/mol. The first kappa shape index (κ1) is 10.3. The first-order valence-corrected chi connectivity index (χ1v) is 4.26. The van der Waals surface area contributed by atoms with Crippen molar-refractivity contribution in [2.24, 2.45) is 0 Å². The average Bonchev–Trinajstić information content (AvgIpc) is 2.69. The molecule has 0 unspecified atom stereocenters. The molecule has 1 aromatic rings. The minimum Gasteiger partial charge on any atom is -0.469 e. The van der Waals surface area contributed by atoms with E-state index in [9.17, 15) is 4.79 Å². The van der Waals surface area contributed by atoms with Crippen molar-refractivity contribution in [2.75, 3.05) is 7.11 Å². The van der Waals surface area contributed by atoms with Crippen LogP contribution >= 0.6 is 0 Å². The topological polar surface area (TPSA) is 39.4 Å². The second kappa shape index (κ2) is 5.80. The molecule has 0 bridgehead atoms. The Bertz CT molecular complexity index is 320. The SMILES string of the molecule is COC(=O)/C=C/C=C\Cc1ccco1. The van der Waals surface area contributed by atoms with E-state index in [1.165, 1.54) is 13.2 Å². The molecule has 0 saturated carbocycles. The van der Waals surface area contributed by atoms with Gasteiger partial charge in [0.2, 0.25) is 0 Å². The molecule has 3 heteroatoms. The molecule has 74 valence electrons. The summed E-state index contributed by atoms with van der Waals surface area (Å²) in [6.45, 7) is 0. The molecule has 3 nitrogen and oxygen atoms in total. The highest BCUT2D eigenvalue weighted by Crippen LogP contribution is 2.01. The molecule has 0 spiro atoms. The Morgan fingerprint density at radius 1 is 1.57 bits per heavy atom. The third-order valence-corrected chi connectivity index (χ3v) is 1.58. The summed E-state index contributed by atoms with van der Waals surface area (Å²) in [5.41, 5.74) is 0. The van der Waals surface area contributed by atoms with Gasteiger partial charge in [-0.15, -0.1) is 0 Å². The number of rotatable bonds is 4. The number of hydrogen-bond acceptors (Lipinski definition) is 3. The number of ether oxygens (including phenoxy) is 1. The van der Waals surface area contributed by atoms with Crippen molar-refractivity contribution >= 4 is 5.97 Å². The van der Waals surface area contributed by atoms with Crippen molar-refractivity contribution < 1.29 is 13.9 Å². The second-order valence-electron chi connectivity index (χ2n) is 2.59. The van der Waals surface area contributed by atoms with Gasteiger partial charge in [0.1, 0.15) is 5.76 Å². The van der Waals surface area contributed by atoms with E-state index >= 15 is 0 Å². The minimum absolute atomic E-state index is 0.354. The van der Waals surface area contributed by atoms with E-state index in [4.69, 9.17) is 4.42 Å². The van der Waals surface area contributed by atoms with Crippen LogP contribution in [0.15, 0.2) is 47.1 Å². The maximum atomic E-state index is 10.6. The van der Waals surface area contributed by atoms with Crippen molar-refractivity contribution in [3.8, 4) is 0 Å². The number of furan rings is 1. The fourth-order valence-corrected chi connectivity index (χ4v) is 0.894. The monoisotopic (exact) mass is 192 g/mol. The van der Waals surface area contributed by atoms with Crippen LogP contribution in [0.1, 0.15) is 5.76 Å². The van der Waals surface area contributed by atoms with Crippen LogP contribution in [0.25, 0.3) is 0 Å². The predicted octanol–water partition coefficient (Wildman–Crippen LogP) is 2.11. The number of methoxy groups -OCH3 is 1. The lowest BCUT2D eigenvalue weighted by Gasteiger charge is -1.87. The van der Waals surface area contributed by atoms with Gasteiger partial charge in [0, 0.05) is 12.5 Å². The summed E-state index contributed by atoms with van der Waals surface area (Å²) < 4.78 is 9.54. The second-order valence-corrected chi connectivity index (χ2v) is 2.59. The third kappa shape index (κ3) is 3.76. The van der Waals surface area contributed by atoms with E-state index in [-0.39, 0.29) is 5.97 Å². The Morgan fingerprint density at radius 2 is 2.43 bits per heavy atom. The van der Waals surface area contributed by atoms with E-state index < -0.39 is 0 Å². The zero-order valence-electron chi connectivity index (χ0n) is 7.97. The van der Waals surface area contributed by atoms with E-state index in [2.05, 4.69) is 4.74 Å². The van der Waals surface area contributed by atoms with Gasteiger partial charge in [0.05, 0.1) is 13.4 Å². The Hall–Kier alpha value is -1.77. The number of esters is 1. The molecule has 0 atom stereocenters. The summed E-state index contributed by atoms with van der Waals surface area (Å²) >= 11 is 0. The van der Waals surface area contributed by atoms with Gasteiger partial charge < -0.3 is 9.15 Å². The van der Waals surface area contributed by atoms with Crippen molar-refractivity contribution in [3.05, 3.63) is 48.5 Å². The highest BCUT2D eigenvalue weighted by Gasteiger charge is 1.89. The van der Waals surface area contributed by atoms with Crippen LogP contribution in [0.4, 0.5) is 0 Å². The maximum absolute atomic E-state index is 10.6. The third-order valence-electron chi connectivity index (χ3n) is 1.58. The molecule has 0 aromatic carbocycles. The molecule has 1 heterocycles. The molecule has 0 fully saturated rings. The van der Waals surface area contributed by atoms with E-state index in [0.717, 1.165) is 12.2 Å². The Morgan fingerprint density at radius 3 is 3.07 bits per heavy atom. The molecular weight excluding hydrogens is 180 g/mol. The van der Waals surface area contributed by atoms with Gasteiger partial charge in [0.25, 0.3) is 0 Å². The van der Waals surface area contributed by atoms with Crippen LogP contribution in [0.3, 0.4) is 0 Å². The minimum atomic E-state index is -0.354. The van der Waals surface area contributed by atoms with Gasteiger partial charge >= 0.3 is 5.97 Å². The summed E-state index contributed by atoms with van der Waals surface area (Å²) in [5, 5.41) is 0. The molecule has 0 aliphatic rings. The molecule has 14 heavy (non-hydrogen) atoms. The first-order valence-electron chi connectivity index (χ1n) is 4.26. The van der Waals surface area contributed by atoms with Crippen molar-refractivity contribution in [1.29, 1.82) is 0 Å². The van der Waals surface area contributed by atoms with Crippen molar-refractivity contribution in [3.63, 3.8) is 0 Å². The van der Waals surface area contributed by atoms with Gasteiger partial charge in [-0.05, 0) is 12.1 Å². The van der Waals surface area contributed by atoms with Crippen LogP contribution in [0.5, 0.6) is 0 Å². The lowest BCUT2D eigenvalue weighted by molar-refractivity contribution is -0.134. The summed E-state index contributed by atoms with van der Waals surface area (Å²) in [6, 6.07) is 3.74. The molecule has 0 radical (unpaired) electrons. The number of hydrogen-bond donors (Lipinski definition) is 0. The highest BCUT2D eigenvalue weighted by molar-refractivity contribution is 5.82. The van der Waals surface area contributed by atoms with E-state index in [0.29, 0.717) is 0 Å². The van der Waals surface area contributed by atoms with Crippen LogP contribution in [-0.2, 0) is 16.0 Å². The molecule has 0 aliphatic carbocycles. The number of carbonyl (C=O) groups is 1. The highest BCUT2D eigenvalue weighted by atomic mass is 16.5. The number of allylic oxidation sites excluding steroid dienone is 3. The Kier molecular flexibility index (Phi) is 4.27. The van der Waals surface area contributed by atoms with Crippen LogP contribution in [0.2, 0.25) is 0 Å². The quantitative estimate of drug-likeness (QED) is 0.416. The summed E-state index contributed by atoms with van der Waals surface area (Å²) in [5.74, 6) is 0.542. The molecule has 1 aromatic heterocycles. The van der Waals surface area contributed by atoms with E-state index in [1.807, 2.05) is 18.2 Å². The molecular formula is C11H12O3. The molecule has 0 saturated heterocycles. The smallest absolute Gasteiger partial charge is 0.330 e. The fourth-order valence-electron chi connectivity index (χ4n) is 0.894. The lowest BCUT2D eigenvalue weighted by Crippen LogP contribution is -1.92. The molecule has 0 N–H and O–H groups in total. The normalized spacial score (nSPS) is 11.2. The van der Waals surface area contributed by atoms with Crippen LogP contribution in [-0.4, -0.2) is 13.1 Å². The Labute approximate surface area is 82.7 Å². The first-order chi connectivity index (χ1) is 6.83. The summed E-state index contributed by atoms with van der Waals surface area (Å²) in [7, 11) is 1.35. The zero-order chi connectivity index (χ0) is 10.2. The van der Waals surface area contributed by atoms with Gasteiger partial charge in [-0.25, -0.2) is 4.79 Å². The fraction of sp³-hybridized carbons (Fsp3) is 0.182. The molecule has 1 rings (SSSR count). The maximum Gasteiger partial charge on any atom is 0.330 e. The Balaban J connectivity index is 2.28. The van der Waals surface area contributed by atoms with Crippen LogP contribution in [0, 0.1) is 0 Å². The molecule has 0 aliphatic heterocycles.